The third-order valence-corrected chi connectivity index (χ3v) is 5.92. The van der Waals surface area contributed by atoms with Gasteiger partial charge in [-0.25, -0.2) is 0 Å². The van der Waals surface area contributed by atoms with Gasteiger partial charge in [-0.3, -0.25) is 0 Å². The number of benzene rings is 2. The van der Waals surface area contributed by atoms with Crippen molar-refractivity contribution in [3.05, 3.63) is 57.0 Å². The van der Waals surface area contributed by atoms with Gasteiger partial charge in [-0.2, -0.15) is 0 Å². The van der Waals surface area contributed by atoms with Crippen molar-refractivity contribution in [2.75, 3.05) is 26.2 Å². The monoisotopic (exact) mass is 466 g/mol. The van der Waals surface area contributed by atoms with E-state index >= 15 is 0 Å². The molecule has 2 aromatic rings. The summed E-state index contributed by atoms with van der Waals surface area (Å²) in [5.74, 6) is 2.28. The Kier molecular flexibility index (Phi) is 8.46. The summed E-state index contributed by atoms with van der Waals surface area (Å²) in [7, 11) is 0. The smallest absolute Gasteiger partial charge is 0.162 e. The van der Waals surface area contributed by atoms with Crippen LogP contribution in [0.3, 0.4) is 0 Å². The number of hydrogen-bond acceptors (Lipinski definition) is 4. The summed E-state index contributed by atoms with van der Waals surface area (Å²) in [6.45, 7) is 7.17. The number of rotatable bonds is 9. The number of nitrogens with one attached hydrogen (secondary N) is 2. The molecule has 0 unspecified atom stereocenters. The number of ether oxygens (including phenoxy) is 2. The Morgan fingerprint density at radius 2 is 1.82 bits per heavy atom. The minimum absolute atomic E-state index is 0.469. The molecule has 0 aromatic heterocycles. The fourth-order valence-electron chi connectivity index (χ4n) is 3.33. The molecule has 0 bridgehead atoms. The van der Waals surface area contributed by atoms with Crippen LogP contribution < -0.4 is 20.1 Å². The Morgan fingerprint density at radius 3 is 2.54 bits per heavy atom. The molecule has 28 heavy (non-hydrogen) atoms. The second kappa shape index (κ2) is 11.1. The lowest BCUT2D eigenvalue weighted by Crippen LogP contribution is -2.33. The molecule has 6 heteroatoms. The summed E-state index contributed by atoms with van der Waals surface area (Å²) in [5.41, 5.74) is 2.24. The third-order valence-electron chi connectivity index (χ3n) is 4.93. The van der Waals surface area contributed by atoms with E-state index in [2.05, 4.69) is 32.6 Å². The van der Waals surface area contributed by atoms with E-state index in [9.17, 15) is 0 Å². The van der Waals surface area contributed by atoms with E-state index in [-0.39, 0.29) is 0 Å². The molecule has 2 aromatic carbocycles. The standard InChI is InChI=1S/C22H28BrClN2O2/c1-2-27-21-11-18(14-26-13-16-7-9-25-10-8-16)20(23)12-22(21)28-15-17-3-5-19(24)6-4-17/h3-6,11-12,16,25-26H,2,7-10,13-15H2,1H3. The van der Waals surface area contributed by atoms with Gasteiger partial charge in [-0.15, -0.1) is 0 Å². The first-order valence-electron chi connectivity index (χ1n) is 9.89. The molecule has 1 fully saturated rings. The van der Waals surface area contributed by atoms with Gasteiger partial charge in [0.1, 0.15) is 6.61 Å². The van der Waals surface area contributed by atoms with E-state index in [1.54, 1.807) is 0 Å². The largest absolute Gasteiger partial charge is 0.490 e. The van der Waals surface area contributed by atoms with Gasteiger partial charge < -0.3 is 20.1 Å². The highest BCUT2D eigenvalue weighted by molar-refractivity contribution is 9.10. The minimum Gasteiger partial charge on any atom is -0.490 e. The van der Waals surface area contributed by atoms with Gasteiger partial charge in [-0.1, -0.05) is 39.7 Å². The normalized spacial score (nSPS) is 14.8. The predicted molar refractivity (Wildman–Crippen MR) is 118 cm³/mol. The summed E-state index contributed by atoms with van der Waals surface area (Å²) in [5, 5.41) is 7.74. The van der Waals surface area contributed by atoms with Crippen molar-refractivity contribution in [3.8, 4) is 11.5 Å². The highest BCUT2D eigenvalue weighted by Gasteiger charge is 2.14. The van der Waals surface area contributed by atoms with Gasteiger partial charge in [0.15, 0.2) is 11.5 Å². The van der Waals surface area contributed by atoms with Crippen molar-refractivity contribution < 1.29 is 9.47 Å². The Labute approximate surface area is 181 Å². The van der Waals surface area contributed by atoms with Crippen molar-refractivity contribution in [1.82, 2.24) is 10.6 Å². The second-order valence-corrected chi connectivity index (χ2v) is 8.35. The van der Waals surface area contributed by atoms with E-state index < -0.39 is 0 Å². The predicted octanol–water partition coefficient (Wildman–Crippen LogP) is 5.17. The van der Waals surface area contributed by atoms with Crippen molar-refractivity contribution in [3.63, 3.8) is 0 Å². The first kappa shape index (κ1) is 21.4. The molecule has 1 saturated heterocycles. The Balaban J connectivity index is 1.62. The zero-order valence-electron chi connectivity index (χ0n) is 16.3. The van der Waals surface area contributed by atoms with Crippen molar-refractivity contribution in [1.29, 1.82) is 0 Å². The van der Waals surface area contributed by atoms with Crippen LogP contribution in [0.4, 0.5) is 0 Å². The lowest BCUT2D eigenvalue weighted by atomic mass is 9.98. The summed E-state index contributed by atoms with van der Waals surface area (Å²) in [6.07, 6.45) is 2.49. The van der Waals surface area contributed by atoms with Gasteiger partial charge in [-0.05, 0) is 80.7 Å². The first-order valence-corrected chi connectivity index (χ1v) is 11.1. The summed E-state index contributed by atoms with van der Waals surface area (Å²) >= 11 is 9.64. The van der Waals surface area contributed by atoms with Gasteiger partial charge >= 0.3 is 0 Å². The maximum Gasteiger partial charge on any atom is 0.162 e. The van der Waals surface area contributed by atoms with Crippen LogP contribution in [-0.2, 0) is 13.2 Å². The first-order chi connectivity index (χ1) is 13.7. The Hall–Kier alpha value is -1.27. The van der Waals surface area contributed by atoms with Crippen LogP contribution in [0.25, 0.3) is 0 Å². The van der Waals surface area contributed by atoms with Crippen LogP contribution in [-0.4, -0.2) is 26.2 Å². The SMILES string of the molecule is CCOc1cc(CNCC2CCNCC2)c(Br)cc1OCc1ccc(Cl)cc1. The molecule has 0 aliphatic carbocycles. The molecule has 0 radical (unpaired) electrons. The van der Waals surface area contributed by atoms with Crippen LogP contribution in [0.15, 0.2) is 40.9 Å². The quantitative estimate of drug-likeness (QED) is 0.534. The second-order valence-electron chi connectivity index (χ2n) is 7.06. The summed E-state index contributed by atoms with van der Waals surface area (Å²) < 4.78 is 12.9. The fraction of sp³-hybridized carbons (Fsp3) is 0.455. The third kappa shape index (κ3) is 6.38. The van der Waals surface area contributed by atoms with Crippen LogP contribution in [0.1, 0.15) is 30.9 Å². The lowest BCUT2D eigenvalue weighted by molar-refractivity contribution is 0.268. The van der Waals surface area contributed by atoms with E-state index in [0.717, 1.165) is 58.7 Å². The van der Waals surface area contributed by atoms with Crippen molar-refractivity contribution in [2.45, 2.75) is 32.9 Å². The summed E-state index contributed by atoms with van der Waals surface area (Å²) in [6, 6.07) is 11.8. The van der Waals surface area contributed by atoms with E-state index in [1.807, 2.05) is 37.3 Å². The van der Waals surface area contributed by atoms with Gasteiger partial charge in [0.25, 0.3) is 0 Å². The van der Waals surface area contributed by atoms with Gasteiger partial charge in [0.2, 0.25) is 0 Å². The molecule has 0 amide bonds. The topological polar surface area (TPSA) is 42.5 Å². The summed E-state index contributed by atoms with van der Waals surface area (Å²) in [4.78, 5) is 0. The average molecular weight is 468 g/mol. The molecule has 4 nitrogen and oxygen atoms in total. The molecule has 1 heterocycles. The highest BCUT2D eigenvalue weighted by atomic mass is 79.9. The van der Waals surface area contributed by atoms with E-state index in [0.29, 0.717) is 13.2 Å². The average Bonchev–Trinajstić information content (AvgIpc) is 2.71. The number of halogens is 2. The molecule has 0 saturated carbocycles. The van der Waals surface area contributed by atoms with Crippen molar-refractivity contribution >= 4 is 27.5 Å². The fourth-order valence-corrected chi connectivity index (χ4v) is 3.92. The van der Waals surface area contributed by atoms with Crippen LogP contribution in [0, 0.1) is 5.92 Å². The lowest BCUT2D eigenvalue weighted by Gasteiger charge is -2.23. The Morgan fingerprint density at radius 1 is 1.11 bits per heavy atom. The van der Waals surface area contributed by atoms with Crippen LogP contribution in [0.2, 0.25) is 5.02 Å². The molecule has 1 aliphatic rings. The number of hydrogen-bond donors (Lipinski definition) is 2. The molecule has 152 valence electrons. The highest BCUT2D eigenvalue weighted by Crippen LogP contribution is 2.34. The van der Waals surface area contributed by atoms with Crippen LogP contribution in [0.5, 0.6) is 11.5 Å². The van der Waals surface area contributed by atoms with Crippen LogP contribution >= 0.6 is 27.5 Å². The minimum atomic E-state index is 0.469. The van der Waals surface area contributed by atoms with Crippen molar-refractivity contribution in [2.24, 2.45) is 5.92 Å². The Bertz CT molecular complexity index is 749. The molecule has 0 atom stereocenters. The molecular weight excluding hydrogens is 440 g/mol. The molecule has 2 N–H and O–H groups in total. The van der Waals surface area contributed by atoms with Gasteiger partial charge in [0, 0.05) is 16.0 Å². The van der Waals surface area contributed by atoms with Gasteiger partial charge in [0.05, 0.1) is 6.61 Å². The molecule has 1 aliphatic heterocycles. The molecule has 3 rings (SSSR count). The maximum absolute atomic E-state index is 6.03. The zero-order chi connectivity index (χ0) is 19.8. The molecule has 0 spiro atoms. The number of piperidine rings is 1. The maximum atomic E-state index is 6.03. The zero-order valence-corrected chi connectivity index (χ0v) is 18.6. The van der Waals surface area contributed by atoms with E-state index in [1.165, 1.54) is 18.4 Å². The van der Waals surface area contributed by atoms with E-state index in [4.69, 9.17) is 21.1 Å². The molecular formula is C22H28BrClN2O2.